The lowest BCUT2D eigenvalue weighted by Gasteiger charge is -2.16. The third kappa shape index (κ3) is 5.15. The molecular formula is C22H22N2O3. The first kappa shape index (κ1) is 18.6. The second-order valence-corrected chi connectivity index (χ2v) is 6.36. The zero-order chi connectivity index (χ0) is 19.1. The number of hydrogen-bond donors (Lipinski definition) is 3. The third-order valence-electron chi connectivity index (χ3n) is 4.32. The van der Waals surface area contributed by atoms with Crippen LogP contribution in [0.1, 0.15) is 11.1 Å². The van der Waals surface area contributed by atoms with E-state index in [4.69, 9.17) is 0 Å². The Balaban J connectivity index is 1.56. The van der Waals surface area contributed by atoms with E-state index in [0.717, 1.165) is 21.9 Å². The molecule has 3 aromatic rings. The van der Waals surface area contributed by atoms with E-state index in [2.05, 4.69) is 10.6 Å². The highest BCUT2D eigenvalue weighted by Crippen LogP contribution is 2.16. The molecule has 3 N–H and O–H groups in total. The number of nitrogens with one attached hydrogen (secondary N) is 2. The SMILES string of the molecule is O=C(Cc1ccc2ccccc2c1)N[C@@H](CO)C(=O)NCc1ccccc1. The van der Waals surface area contributed by atoms with Gasteiger partial charge in [0.25, 0.3) is 0 Å². The number of aliphatic hydroxyl groups excluding tert-OH is 1. The van der Waals surface area contributed by atoms with Crippen molar-refractivity contribution in [2.45, 2.75) is 19.0 Å². The number of hydrogen-bond acceptors (Lipinski definition) is 3. The molecule has 0 aliphatic heterocycles. The molecule has 0 aliphatic rings. The fourth-order valence-corrected chi connectivity index (χ4v) is 2.88. The van der Waals surface area contributed by atoms with Gasteiger partial charge in [-0.25, -0.2) is 0 Å². The van der Waals surface area contributed by atoms with E-state index in [1.807, 2.05) is 72.8 Å². The average molecular weight is 362 g/mol. The second-order valence-electron chi connectivity index (χ2n) is 6.36. The molecule has 0 aromatic heterocycles. The molecular weight excluding hydrogens is 340 g/mol. The Bertz CT molecular complexity index is 925. The van der Waals surface area contributed by atoms with Crippen molar-refractivity contribution in [1.82, 2.24) is 10.6 Å². The summed E-state index contributed by atoms with van der Waals surface area (Å²) in [7, 11) is 0. The number of carbonyl (C=O) groups excluding carboxylic acids is 2. The number of aliphatic hydroxyl groups is 1. The summed E-state index contributed by atoms with van der Waals surface area (Å²) in [6.07, 6.45) is 0.146. The van der Waals surface area contributed by atoms with Crippen LogP contribution < -0.4 is 10.6 Å². The van der Waals surface area contributed by atoms with Crippen molar-refractivity contribution in [3.05, 3.63) is 83.9 Å². The van der Waals surface area contributed by atoms with Crippen LogP contribution in [0.2, 0.25) is 0 Å². The van der Waals surface area contributed by atoms with Crippen LogP contribution in [0.4, 0.5) is 0 Å². The van der Waals surface area contributed by atoms with E-state index in [1.165, 1.54) is 0 Å². The van der Waals surface area contributed by atoms with Crippen molar-refractivity contribution in [2.75, 3.05) is 6.61 Å². The van der Waals surface area contributed by atoms with Gasteiger partial charge in [-0.05, 0) is 21.9 Å². The maximum absolute atomic E-state index is 12.3. The lowest BCUT2D eigenvalue weighted by molar-refractivity contribution is -0.129. The number of benzene rings is 3. The van der Waals surface area contributed by atoms with Gasteiger partial charge in [0, 0.05) is 6.54 Å². The van der Waals surface area contributed by atoms with Crippen LogP contribution in [0.5, 0.6) is 0 Å². The lowest BCUT2D eigenvalue weighted by Crippen LogP contribution is -2.49. The van der Waals surface area contributed by atoms with Gasteiger partial charge >= 0.3 is 0 Å². The maximum Gasteiger partial charge on any atom is 0.245 e. The predicted molar refractivity (Wildman–Crippen MR) is 105 cm³/mol. The molecule has 0 saturated carbocycles. The number of amides is 2. The Morgan fingerprint density at radius 3 is 2.30 bits per heavy atom. The van der Waals surface area contributed by atoms with Gasteiger partial charge in [0.05, 0.1) is 13.0 Å². The molecule has 5 heteroatoms. The molecule has 5 nitrogen and oxygen atoms in total. The summed E-state index contributed by atoms with van der Waals surface area (Å²) in [5, 5.41) is 17.0. The highest BCUT2D eigenvalue weighted by atomic mass is 16.3. The van der Waals surface area contributed by atoms with Gasteiger partial charge in [-0.3, -0.25) is 9.59 Å². The van der Waals surface area contributed by atoms with Gasteiger partial charge in [-0.2, -0.15) is 0 Å². The minimum atomic E-state index is -0.971. The standard InChI is InChI=1S/C22H22N2O3/c25-15-20(22(27)23-14-16-6-2-1-3-7-16)24-21(26)13-17-10-11-18-8-4-5-9-19(18)12-17/h1-12,20,25H,13-15H2,(H,23,27)(H,24,26)/t20-/m0/s1. The highest BCUT2D eigenvalue weighted by Gasteiger charge is 2.19. The van der Waals surface area contributed by atoms with Crippen LogP contribution in [-0.4, -0.2) is 29.6 Å². The molecule has 0 aliphatic carbocycles. The van der Waals surface area contributed by atoms with Gasteiger partial charge in [-0.15, -0.1) is 0 Å². The number of fused-ring (bicyclic) bond motifs is 1. The van der Waals surface area contributed by atoms with Gasteiger partial charge in [0.2, 0.25) is 11.8 Å². The molecule has 0 heterocycles. The highest BCUT2D eigenvalue weighted by molar-refractivity contribution is 5.89. The smallest absolute Gasteiger partial charge is 0.245 e. The van der Waals surface area contributed by atoms with Gasteiger partial charge < -0.3 is 15.7 Å². The summed E-state index contributed by atoms with van der Waals surface area (Å²) in [5.74, 6) is -0.715. The molecule has 0 radical (unpaired) electrons. The molecule has 3 aromatic carbocycles. The molecule has 0 unspecified atom stereocenters. The van der Waals surface area contributed by atoms with Crippen LogP contribution in [-0.2, 0) is 22.6 Å². The normalized spacial score (nSPS) is 11.7. The van der Waals surface area contributed by atoms with Crippen LogP contribution in [0.15, 0.2) is 72.8 Å². The molecule has 0 fully saturated rings. The number of carbonyl (C=O) groups is 2. The predicted octanol–water partition coefficient (Wildman–Crippen LogP) is 2.18. The average Bonchev–Trinajstić information content (AvgIpc) is 2.71. The number of rotatable bonds is 7. The van der Waals surface area contributed by atoms with E-state index in [1.54, 1.807) is 0 Å². The van der Waals surface area contributed by atoms with E-state index in [9.17, 15) is 14.7 Å². The van der Waals surface area contributed by atoms with E-state index >= 15 is 0 Å². The quantitative estimate of drug-likeness (QED) is 0.603. The minimum absolute atomic E-state index is 0.146. The van der Waals surface area contributed by atoms with Crippen molar-refractivity contribution in [1.29, 1.82) is 0 Å². The zero-order valence-electron chi connectivity index (χ0n) is 14.9. The first-order valence-corrected chi connectivity index (χ1v) is 8.85. The topological polar surface area (TPSA) is 78.4 Å². The Hall–Kier alpha value is -3.18. The fraction of sp³-hybridized carbons (Fsp3) is 0.182. The zero-order valence-corrected chi connectivity index (χ0v) is 14.9. The van der Waals surface area contributed by atoms with Gasteiger partial charge in [0.1, 0.15) is 6.04 Å². The lowest BCUT2D eigenvalue weighted by atomic mass is 10.0. The van der Waals surface area contributed by atoms with E-state index in [-0.39, 0.29) is 12.3 Å². The van der Waals surface area contributed by atoms with Crippen LogP contribution >= 0.6 is 0 Å². The molecule has 0 spiro atoms. The van der Waals surface area contributed by atoms with Crippen molar-refractivity contribution in [3.8, 4) is 0 Å². The van der Waals surface area contributed by atoms with Gasteiger partial charge in [-0.1, -0.05) is 72.8 Å². The summed E-state index contributed by atoms with van der Waals surface area (Å²) in [6.45, 7) is -0.110. The maximum atomic E-state index is 12.3. The van der Waals surface area contributed by atoms with Crippen molar-refractivity contribution < 1.29 is 14.7 Å². The summed E-state index contributed by atoms with van der Waals surface area (Å²) in [6, 6.07) is 22.2. The summed E-state index contributed by atoms with van der Waals surface area (Å²) in [4.78, 5) is 24.5. The molecule has 138 valence electrons. The summed E-state index contributed by atoms with van der Waals surface area (Å²) < 4.78 is 0. The van der Waals surface area contributed by atoms with Crippen molar-refractivity contribution in [3.63, 3.8) is 0 Å². The third-order valence-corrected chi connectivity index (χ3v) is 4.32. The van der Waals surface area contributed by atoms with Crippen LogP contribution in [0, 0.1) is 0 Å². The Morgan fingerprint density at radius 2 is 1.56 bits per heavy atom. The second kappa shape index (κ2) is 8.96. The van der Waals surface area contributed by atoms with Crippen LogP contribution in [0.25, 0.3) is 10.8 Å². The Kier molecular flexibility index (Phi) is 6.18. The van der Waals surface area contributed by atoms with E-state index < -0.39 is 18.6 Å². The molecule has 1 atom stereocenters. The first-order chi connectivity index (χ1) is 13.2. The fourth-order valence-electron chi connectivity index (χ4n) is 2.88. The molecule has 3 rings (SSSR count). The monoisotopic (exact) mass is 362 g/mol. The summed E-state index contributed by atoms with van der Waals surface area (Å²) >= 11 is 0. The van der Waals surface area contributed by atoms with Crippen LogP contribution in [0.3, 0.4) is 0 Å². The molecule has 27 heavy (non-hydrogen) atoms. The van der Waals surface area contributed by atoms with E-state index in [0.29, 0.717) is 6.54 Å². The Labute approximate surface area is 158 Å². The molecule has 0 bridgehead atoms. The molecule has 0 saturated heterocycles. The largest absolute Gasteiger partial charge is 0.394 e. The van der Waals surface area contributed by atoms with Crippen molar-refractivity contribution in [2.24, 2.45) is 0 Å². The minimum Gasteiger partial charge on any atom is -0.394 e. The van der Waals surface area contributed by atoms with Gasteiger partial charge in [0.15, 0.2) is 0 Å². The summed E-state index contributed by atoms with van der Waals surface area (Å²) in [5.41, 5.74) is 1.80. The van der Waals surface area contributed by atoms with Crippen molar-refractivity contribution >= 4 is 22.6 Å². The Morgan fingerprint density at radius 1 is 0.852 bits per heavy atom. The molecule has 2 amide bonds. The first-order valence-electron chi connectivity index (χ1n) is 8.85.